The lowest BCUT2D eigenvalue weighted by molar-refractivity contribution is -0.137. The summed E-state index contributed by atoms with van der Waals surface area (Å²) in [6, 6.07) is 5.11. The largest absolute Gasteiger partial charge is 0.416 e. The van der Waals surface area contributed by atoms with Crippen LogP contribution in [-0.2, 0) is 52.3 Å². The molecule has 0 amide bonds. The maximum atomic E-state index is 13.4. The molecule has 1 saturated heterocycles. The summed E-state index contributed by atoms with van der Waals surface area (Å²) in [5, 5.41) is 4.19. The number of methoxy groups -OCH3 is 1. The van der Waals surface area contributed by atoms with Gasteiger partial charge in [0.15, 0.2) is 9.84 Å². The van der Waals surface area contributed by atoms with Crippen LogP contribution in [0.15, 0.2) is 35.2 Å². The zero-order chi connectivity index (χ0) is 25.4. The SMILES string of the molecule is COCn1nc(CS(=O)(=O)OC)cc1C1CC(C)(S(=O)(=O)c2cccc(C(F)(F)F)c2)CCO1. The van der Waals surface area contributed by atoms with Gasteiger partial charge in [-0.25, -0.2) is 13.1 Å². The van der Waals surface area contributed by atoms with E-state index < -0.39 is 53.2 Å². The number of aromatic nitrogens is 2. The first-order valence-corrected chi connectivity index (χ1v) is 13.2. The molecule has 34 heavy (non-hydrogen) atoms. The van der Waals surface area contributed by atoms with Gasteiger partial charge in [0, 0.05) is 13.7 Å². The summed E-state index contributed by atoms with van der Waals surface area (Å²) >= 11 is 0. The summed E-state index contributed by atoms with van der Waals surface area (Å²) < 4.78 is 105. The van der Waals surface area contributed by atoms with Crippen molar-refractivity contribution in [3.63, 3.8) is 0 Å². The van der Waals surface area contributed by atoms with Gasteiger partial charge in [0.1, 0.15) is 18.6 Å². The molecule has 14 heteroatoms. The molecule has 0 N–H and O–H groups in total. The Hall–Kier alpha value is -2.00. The van der Waals surface area contributed by atoms with Gasteiger partial charge in [-0.2, -0.15) is 26.7 Å². The van der Waals surface area contributed by atoms with Crippen molar-refractivity contribution in [2.24, 2.45) is 0 Å². The van der Waals surface area contributed by atoms with E-state index in [0.29, 0.717) is 11.8 Å². The Balaban J connectivity index is 1.96. The van der Waals surface area contributed by atoms with Crippen LogP contribution in [0.2, 0.25) is 0 Å². The van der Waals surface area contributed by atoms with Crippen molar-refractivity contribution in [2.45, 2.75) is 54.2 Å². The van der Waals surface area contributed by atoms with E-state index in [0.717, 1.165) is 25.3 Å². The number of ether oxygens (including phenoxy) is 2. The maximum absolute atomic E-state index is 13.4. The third kappa shape index (κ3) is 5.46. The molecule has 0 aliphatic carbocycles. The first kappa shape index (κ1) is 26.6. The average Bonchev–Trinajstić information content (AvgIpc) is 3.15. The number of nitrogens with zero attached hydrogens (tertiary/aromatic N) is 2. The van der Waals surface area contributed by atoms with E-state index in [9.17, 15) is 30.0 Å². The van der Waals surface area contributed by atoms with E-state index in [1.54, 1.807) is 0 Å². The zero-order valence-electron chi connectivity index (χ0n) is 18.7. The van der Waals surface area contributed by atoms with Gasteiger partial charge in [0.25, 0.3) is 10.1 Å². The van der Waals surface area contributed by atoms with Crippen LogP contribution in [0.1, 0.15) is 42.8 Å². The Bertz CT molecular complexity index is 1240. The van der Waals surface area contributed by atoms with Gasteiger partial charge in [-0.1, -0.05) is 6.07 Å². The Morgan fingerprint density at radius 3 is 2.53 bits per heavy atom. The molecule has 0 saturated carbocycles. The van der Waals surface area contributed by atoms with Crippen LogP contribution in [0.25, 0.3) is 0 Å². The molecule has 1 aromatic heterocycles. The molecule has 1 aliphatic heterocycles. The van der Waals surface area contributed by atoms with Gasteiger partial charge in [0.2, 0.25) is 0 Å². The van der Waals surface area contributed by atoms with E-state index in [-0.39, 0.29) is 31.9 Å². The molecule has 0 spiro atoms. The van der Waals surface area contributed by atoms with Crippen molar-refractivity contribution < 1.29 is 43.7 Å². The van der Waals surface area contributed by atoms with Gasteiger partial charge in [-0.3, -0.25) is 4.18 Å². The monoisotopic (exact) mass is 526 g/mol. The summed E-state index contributed by atoms with van der Waals surface area (Å²) in [7, 11) is -5.63. The molecule has 1 aromatic carbocycles. The molecule has 2 unspecified atom stereocenters. The molecule has 2 heterocycles. The highest BCUT2D eigenvalue weighted by Gasteiger charge is 2.46. The zero-order valence-corrected chi connectivity index (χ0v) is 20.3. The standard InChI is InChI=1S/C20H25F3N2O7S2/c1-19(34(28,29)16-6-4-5-14(9-16)20(21,22)23)7-8-32-18(11-19)17-10-15(12-33(26,27)31-3)24-25(17)13-30-2/h4-6,9-10,18H,7-8,11-13H2,1-3H3. The first-order chi connectivity index (χ1) is 15.7. The third-order valence-electron chi connectivity index (χ3n) is 5.71. The molecule has 2 aromatic rings. The fraction of sp³-hybridized carbons (Fsp3) is 0.550. The van der Waals surface area contributed by atoms with Crippen LogP contribution in [0.3, 0.4) is 0 Å². The van der Waals surface area contributed by atoms with E-state index in [1.807, 2.05) is 0 Å². The van der Waals surface area contributed by atoms with Crippen LogP contribution in [0, 0.1) is 0 Å². The highest BCUT2D eigenvalue weighted by Crippen LogP contribution is 2.43. The number of rotatable bonds is 8. The van der Waals surface area contributed by atoms with Crippen LogP contribution >= 0.6 is 0 Å². The second-order valence-corrected chi connectivity index (χ2v) is 12.3. The fourth-order valence-corrected chi connectivity index (χ4v) is 6.26. The van der Waals surface area contributed by atoms with Crippen molar-refractivity contribution in [3.8, 4) is 0 Å². The van der Waals surface area contributed by atoms with E-state index in [2.05, 4.69) is 9.28 Å². The summed E-state index contributed by atoms with van der Waals surface area (Å²) in [5.74, 6) is -0.514. The number of hydrogen-bond donors (Lipinski definition) is 0. The molecular formula is C20H25F3N2O7S2. The van der Waals surface area contributed by atoms with Crippen molar-refractivity contribution in [1.29, 1.82) is 0 Å². The predicted molar refractivity (Wildman–Crippen MR) is 114 cm³/mol. The number of benzene rings is 1. The Kier molecular flexibility index (Phi) is 7.49. The molecule has 0 bridgehead atoms. The highest BCUT2D eigenvalue weighted by atomic mass is 32.2. The third-order valence-corrected chi connectivity index (χ3v) is 9.41. The quantitative estimate of drug-likeness (QED) is 0.483. The molecule has 0 radical (unpaired) electrons. The minimum Gasteiger partial charge on any atom is -0.372 e. The second-order valence-electron chi connectivity index (χ2n) is 8.14. The second kappa shape index (κ2) is 9.57. The fourth-order valence-electron chi connectivity index (χ4n) is 3.81. The summed E-state index contributed by atoms with van der Waals surface area (Å²) in [6.07, 6.45) is -5.53. The molecular weight excluding hydrogens is 501 g/mol. The summed E-state index contributed by atoms with van der Waals surface area (Å²) in [6.45, 7) is 1.42. The number of hydrogen-bond acceptors (Lipinski definition) is 8. The van der Waals surface area contributed by atoms with Gasteiger partial charge in [0.05, 0.1) is 33.7 Å². The Morgan fingerprint density at radius 2 is 1.91 bits per heavy atom. The van der Waals surface area contributed by atoms with Crippen molar-refractivity contribution in [2.75, 3.05) is 20.8 Å². The van der Waals surface area contributed by atoms with Crippen LogP contribution in [-0.4, -0.2) is 52.2 Å². The summed E-state index contributed by atoms with van der Waals surface area (Å²) in [4.78, 5) is -0.428. The average molecular weight is 527 g/mol. The van der Waals surface area contributed by atoms with Crippen molar-refractivity contribution >= 4 is 20.0 Å². The normalized spacial score (nSPS) is 22.1. The maximum Gasteiger partial charge on any atom is 0.416 e. The van der Waals surface area contributed by atoms with E-state index >= 15 is 0 Å². The molecule has 1 fully saturated rings. The number of alkyl halides is 3. The molecule has 2 atom stereocenters. The predicted octanol–water partition coefficient (Wildman–Crippen LogP) is 3.07. The van der Waals surface area contributed by atoms with Gasteiger partial charge < -0.3 is 9.47 Å². The Morgan fingerprint density at radius 1 is 1.21 bits per heavy atom. The lowest BCUT2D eigenvalue weighted by Crippen LogP contribution is -2.42. The smallest absolute Gasteiger partial charge is 0.372 e. The highest BCUT2D eigenvalue weighted by molar-refractivity contribution is 7.92. The van der Waals surface area contributed by atoms with E-state index in [1.165, 1.54) is 24.8 Å². The number of sulfone groups is 1. The lowest BCUT2D eigenvalue weighted by atomic mass is 9.94. The van der Waals surface area contributed by atoms with Crippen LogP contribution in [0.5, 0.6) is 0 Å². The van der Waals surface area contributed by atoms with E-state index in [4.69, 9.17) is 9.47 Å². The minimum atomic E-state index is -4.68. The van der Waals surface area contributed by atoms with Crippen molar-refractivity contribution in [3.05, 3.63) is 47.3 Å². The summed E-state index contributed by atoms with van der Waals surface area (Å²) in [5.41, 5.74) is -0.526. The minimum absolute atomic E-state index is 0.0171. The van der Waals surface area contributed by atoms with Crippen LogP contribution in [0.4, 0.5) is 13.2 Å². The Labute approximate surface area is 195 Å². The number of halogens is 3. The molecule has 1 aliphatic rings. The first-order valence-electron chi connectivity index (χ1n) is 10.1. The molecule has 190 valence electrons. The topological polar surface area (TPSA) is 114 Å². The van der Waals surface area contributed by atoms with Crippen LogP contribution < -0.4 is 0 Å². The molecule has 9 nitrogen and oxygen atoms in total. The van der Waals surface area contributed by atoms with Gasteiger partial charge in [-0.15, -0.1) is 0 Å². The lowest BCUT2D eigenvalue weighted by Gasteiger charge is -2.37. The van der Waals surface area contributed by atoms with Gasteiger partial charge >= 0.3 is 6.18 Å². The van der Waals surface area contributed by atoms with Gasteiger partial charge in [-0.05, 0) is 44.0 Å². The molecule has 3 rings (SSSR count). The van der Waals surface area contributed by atoms with Crippen molar-refractivity contribution in [1.82, 2.24) is 9.78 Å².